The van der Waals surface area contributed by atoms with Gasteiger partial charge in [0.1, 0.15) is 0 Å². The van der Waals surface area contributed by atoms with E-state index in [9.17, 15) is 4.79 Å². The number of benzene rings is 2. The molecule has 6 nitrogen and oxygen atoms in total. The van der Waals surface area contributed by atoms with Gasteiger partial charge in [-0.05, 0) is 54.0 Å². The van der Waals surface area contributed by atoms with Crippen molar-refractivity contribution in [3.05, 3.63) is 70.8 Å². The van der Waals surface area contributed by atoms with Crippen LogP contribution in [-0.2, 0) is 23.1 Å². The van der Waals surface area contributed by atoms with Crippen LogP contribution in [0.2, 0.25) is 0 Å². The van der Waals surface area contributed by atoms with Crippen LogP contribution < -0.4 is 21.7 Å². The van der Waals surface area contributed by atoms with Crippen LogP contribution in [0, 0.1) is 0 Å². The molecule has 2 atom stereocenters. The Hall–Kier alpha value is -2.48. The summed E-state index contributed by atoms with van der Waals surface area (Å²) < 4.78 is 5.84. The molecule has 0 fully saturated rings. The summed E-state index contributed by atoms with van der Waals surface area (Å²) in [5.41, 5.74) is 9.42. The van der Waals surface area contributed by atoms with Gasteiger partial charge in [-0.25, -0.2) is 0 Å². The Balaban J connectivity index is 1.51. The Labute approximate surface area is 196 Å². The Kier molecular flexibility index (Phi) is 8.23. The van der Waals surface area contributed by atoms with Crippen molar-refractivity contribution in [1.82, 2.24) is 16.0 Å². The summed E-state index contributed by atoms with van der Waals surface area (Å²) in [5, 5.41) is 10.9. The monoisotopic (exact) mass is 454 g/mol. The van der Waals surface area contributed by atoms with E-state index >= 15 is 0 Å². The standard InChI is InChI=1S/C25H34N4O2S/c1-25(2)20-14-19(23(26)30)11-10-18(20)15-21(31-3)22(25)27-12-7-13-28-24(32)29-16-17-8-5-4-6-9-17/h4-6,8-11,14,21-22,27H,7,12-13,15-16H2,1-3H3,(H2,26,30)(H2,28,29,32)/t21-,22+/m1/s1. The second-order valence-corrected chi connectivity index (χ2v) is 9.22. The summed E-state index contributed by atoms with van der Waals surface area (Å²) in [7, 11) is 1.76. The first-order chi connectivity index (χ1) is 15.3. The van der Waals surface area contributed by atoms with Crippen LogP contribution in [0.5, 0.6) is 0 Å². The highest BCUT2D eigenvalue weighted by atomic mass is 32.1. The third kappa shape index (κ3) is 5.85. The minimum absolute atomic E-state index is 0.0542. The van der Waals surface area contributed by atoms with E-state index in [1.54, 1.807) is 13.2 Å². The van der Waals surface area contributed by atoms with Gasteiger partial charge in [0, 0.05) is 43.6 Å². The number of fused-ring (bicyclic) bond motifs is 1. The summed E-state index contributed by atoms with van der Waals surface area (Å²) in [6, 6.07) is 16.1. The molecule has 0 aliphatic heterocycles. The molecule has 3 rings (SSSR count). The molecule has 0 unspecified atom stereocenters. The zero-order valence-electron chi connectivity index (χ0n) is 19.1. The quantitative estimate of drug-likeness (QED) is 0.344. The van der Waals surface area contributed by atoms with E-state index < -0.39 is 5.91 Å². The number of primary amides is 1. The van der Waals surface area contributed by atoms with Gasteiger partial charge in [-0.15, -0.1) is 0 Å². The van der Waals surface area contributed by atoms with Gasteiger partial charge in [0.25, 0.3) is 0 Å². The Morgan fingerprint density at radius 3 is 2.59 bits per heavy atom. The number of rotatable bonds is 9. The predicted octanol–water partition coefficient (Wildman–Crippen LogP) is 2.65. The van der Waals surface area contributed by atoms with Crippen molar-refractivity contribution >= 4 is 23.2 Å². The highest BCUT2D eigenvalue weighted by Gasteiger charge is 2.42. The average Bonchev–Trinajstić information content (AvgIpc) is 2.78. The number of carbonyl (C=O) groups is 1. The van der Waals surface area contributed by atoms with Crippen LogP contribution in [0.25, 0.3) is 0 Å². The van der Waals surface area contributed by atoms with Gasteiger partial charge in [0.05, 0.1) is 6.10 Å². The van der Waals surface area contributed by atoms with Gasteiger partial charge in [-0.1, -0.05) is 50.2 Å². The Morgan fingerprint density at radius 2 is 1.91 bits per heavy atom. The largest absolute Gasteiger partial charge is 0.379 e. The molecule has 0 spiro atoms. The van der Waals surface area contributed by atoms with E-state index in [-0.39, 0.29) is 17.6 Å². The van der Waals surface area contributed by atoms with Crippen molar-refractivity contribution in [3.8, 4) is 0 Å². The van der Waals surface area contributed by atoms with Crippen molar-refractivity contribution in [2.45, 2.75) is 50.8 Å². The second kappa shape index (κ2) is 10.9. The smallest absolute Gasteiger partial charge is 0.248 e. The van der Waals surface area contributed by atoms with Crippen molar-refractivity contribution in [2.75, 3.05) is 20.2 Å². The van der Waals surface area contributed by atoms with E-state index in [4.69, 9.17) is 22.7 Å². The maximum atomic E-state index is 11.7. The van der Waals surface area contributed by atoms with Crippen molar-refractivity contribution < 1.29 is 9.53 Å². The zero-order chi connectivity index (χ0) is 23.1. The van der Waals surface area contributed by atoms with E-state index in [2.05, 4.69) is 41.9 Å². The summed E-state index contributed by atoms with van der Waals surface area (Å²) >= 11 is 5.38. The lowest BCUT2D eigenvalue weighted by Gasteiger charge is -2.45. The lowest BCUT2D eigenvalue weighted by Crippen LogP contribution is -2.57. The molecule has 0 heterocycles. The summed E-state index contributed by atoms with van der Waals surface area (Å²) in [6.45, 7) is 6.71. The number of methoxy groups -OCH3 is 1. The third-order valence-electron chi connectivity index (χ3n) is 6.26. The lowest BCUT2D eigenvalue weighted by molar-refractivity contribution is 0.0356. The molecule has 5 N–H and O–H groups in total. The van der Waals surface area contributed by atoms with Crippen LogP contribution in [0.4, 0.5) is 0 Å². The molecule has 7 heteroatoms. The number of ether oxygens (including phenoxy) is 1. The first-order valence-electron chi connectivity index (χ1n) is 11.1. The third-order valence-corrected chi connectivity index (χ3v) is 6.55. The van der Waals surface area contributed by atoms with Crippen LogP contribution >= 0.6 is 12.2 Å². The molecule has 1 amide bonds. The summed E-state index contributed by atoms with van der Waals surface area (Å²) in [4.78, 5) is 11.7. The fraction of sp³-hybridized carbons (Fsp3) is 0.440. The highest BCUT2D eigenvalue weighted by Crippen LogP contribution is 2.38. The van der Waals surface area contributed by atoms with Gasteiger partial charge in [0.15, 0.2) is 5.11 Å². The fourth-order valence-electron chi connectivity index (χ4n) is 4.47. The molecule has 0 bridgehead atoms. The van der Waals surface area contributed by atoms with E-state index in [0.717, 1.165) is 31.5 Å². The van der Waals surface area contributed by atoms with Gasteiger partial charge < -0.3 is 26.4 Å². The molecular weight excluding hydrogens is 420 g/mol. The molecule has 0 aromatic heterocycles. The van der Waals surface area contributed by atoms with Crippen LogP contribution in [0.1, 0.15) is 47.3 Å². The molecule has 1 aliphatic carbocycles. The molecule has 1 aliphatic rings. The van der Waals surface area contributed by atoms with Crippen molar-refractivity contribution in [2.24, 2.45) is 5.73 Å². The number of amides is 1. The minimum atomic E-state index is -0.398. The van der Waals surface area contributed by atoms with Gasteiger partial charge in [-0.2, -0.15) is 0 Å². The number of carbonyl (C=O) groups excluding carboxylic acids is 1. The summed E-state index contributed by atoms with van der Waals surface area (Å²) in [6.07, 6.45) is 1.78. The molecular formula is C25H34N4O2S. The molecule has 2 aromatic carbocycles. The van der Waals surface area contributed by atoms with Crippen molar-refractivity contribution in [3.63, 3.8) is 0 Å². The first kappa shape index (κ1) is 24.2. The SMILES string of the molecule is CO[C@@H]1Cc2ccc(C(N)=O)cc2C(C)(C)[C@H]1NCCCNC(=S)NCc1ccccc1. The van der Waals surface area contributed by atoms with Crippen molar-refractivity contribution in [1.29, 1.82) is 0 Å². The second-order valence-electron chi connectivity index (χ2n) is 8.82. The van der Waals surface area contributed by atoms with Crippen LogP contribution in [-0.4, -0.2) is 43.4 Å². The average molecular weight is 455 g/mol. The van der Waals surface area contributed by atoms with Gasteiger partial charge in [-0.3, -0.25) is 4.79 Å². The highest BCUT2D eigenvalue weighted by molar-refractivity contribution is 7.80. The van der Waals surface area contributed by atoms with Gasteiger partial charge in [0.2, 0.25) is 5.91 Å². The normalized spacial score (nSPS) is 19.1. The van der Waals surface area contributed by atoms with Gasteiger partial charge >= 0.3 is 0 Å². The summed E-state index contributed by atoms with van der Waals surface area (Å²) in [5.74, 6) is -0.398. The maximum Gasteiger partial charge on any atom is 0.248 e. The predicted molar refractivity (Wildman–Crippen MR) is 133 cm³/mol. The fourth-order valence-corrected chi connectivity index (χ4v) is 4.64. The minimum Gasteiger partial charge on any atom is -0.379 e. The molecule has 0 saturated heterocycles. The van der Waals surface area contributed by atoms with Crippen LogP contribution in [0.15, 0.2) is 48.5 Å². The molecule has 0 saturated carbocycles. The Morgan fingerprint density at radius 1 is 1.16 bits per heavy atom. The lowest BCUT2D eigenvalue weighted by atomic mass is 9.67. The number of nitrogens with two attached hydrogens (primary N) is 1. The number of thiocarbonyl (C=S) groups is 1. The maximum absolute atomic E-state index is 11.7. The molecule has 32 heavy (non-hydrogen) atoms. The number of nitrogens with one attached hydrogen (secondary N) is 3. The Bertz CT molecular complexity index is 933. The molecule has 172 valence electrons. The number of hydrogen-bond acceptors (Lipinski definition) is 4. The molecule has 0 radical (unpaired) electrons. The number of hydrogen-bond donors (Lipinski definition) is 4. The van der Waals surface area contributed by atoms with E-state index in [1.165, 1.54) is 11.1 Å². The first-order valence-corrected chi connectivity index (χ1v) is 11.5. The zero-order valence-corrected chi connectivity index (χ0v) is 19.9. The molecule has 2 aromatic rings. The van der Waals surface area contributed by atoms with E-state index in [1.807, 2.05) is 30.3 Å². The van der Waals surface area contributed by atoms with Crippen LogP contribution in [0.3, 0.4) is 0 Å². The topological polar surface area (TPSA) is 88.4 Å². The van der Waals surface area contributed by atoms with E-state index in [0.29, 0.717) is 17.2 Å².